The molecule has 1 aliphatic rings. The van der Waals surface area contributed by atoms with Gasteiger partial charge in [-0.25, -0.2) is 4.79 Å². The van der Waals surface area contributed by atoms with E-state index in [2.05, 4.69) is 41.4 Å². The van der Waals surface area contributed by atoms with Crippen LogP contribution in [-0.4, -0.2) is 30.6 Å². The number of phenols is 1. The van der Waals surface area contributed by atoms with E-state index in [4.69, 9.17) is 16.3 Å². The number of aromatic hydroxyl groups is 1. The minimum Gasteiger partial charge on any atom is -0.506 e. The molecule has 1 aliphatic carbocycles. The molecule has 0 unspecified atom stereocenters. The summed E-state index contributed by atoms with van der Waals surface area (Å²) in [5.74, 6) is 5.41. The lowest BCUT2D eigenvalue weighted by atomic mass is 9.98. The van der Waals surface area contributed by atoms with E-state index in [1.165, 1.54) is 23.3 Å². The van der Waals surface area contributed by atoms with Gasteiger partial charge in [0.1, 0.15) is 12.4 Å². The number of amides is 1. The van der Waals surface area contributed by atoms with Gasteiger partial charge < -0.3 is 15.2 Å². The molecule has 3 aromatic carbocycles. The predicted molar refractivity (Wildman–Crippen MR) is 123 cm³/mol. The number of phenolic OH excluding ortho intramolecular Hbond substituents is 1. The van der Waals surface area contributed by atoms with E-state index in [1.54, 1.807) is 0 Å². The van der Waals surface area contributed by atoms with Crippen molar-refractivity contribution in [3.63, 3.8) is 0 Å². The number of carbonyl (C=O) groups excluding carboxylic acids is 2. The first-order valence-electron chi connectivity index (χ1n) is 10.1. The standard InChI is InChI=1S/C26H20ClNO4/c27-19-13-17(25(30)18(14-19)15-29)7-5-6-12-28-26(31)32-16-24-22-10-3-1-8-20(22)21-9-2-4-11-23(21)24/h1-4,8-11,13-15,24,30H,6,12,16H2,(H,28,31). The van der Waals surface area contributed by atoms with Crippen LogP contribution in [0.4, 0.5) is 4.79 Å². The van der Waals surface area contributed by atoms with Crippen LogP contribution in [0.5, 0.6) is 5.75 Å². The molecule has 1 amide bonds. The van der Waals surface area contributed by atoms with Crippen molar-refractivity contribution < 1.29 is 19.4 Å². The van der Waals surface area contributed by atoms with Gasteiger partial charge >= 0.3 is 6.09 Å². The second-order valence-corrected chi connectivity index (χ2v) is 7.75. The summed E-state index contributed by atoms with van der Waals surface area (Å²) in [6.45, 7) is 0.530. The molecule has 0 fully saturated rings. The predicted octanol–water partition coefficient (Wildman–Crippen LogP) is 5.14. The average molecular weight is 446 g/mol. The Morgan fingerprint density at radius 2 is 1.75 bits per heavy atom. The summed E-state index contributed by atoms with van der Waals surface area (Å²) in [5.41, 5.74) is 5.01. The van der Waals surface area contributed by atoms with Gasteiger partial charge in [0, 0.05) is 23.9 Å². The third kappa shape index (κ3) is 4.46. The van der Waals surface area contributed by atoms with Crippen LogP contribution in [0.3, 0.4) is 0 Å². The van der Waals surface area contributed by atoms with Gasteiger partial charge in [0.05, 0.1) is 11.1 Å². The number of aldehydes is 1. The molecule has 3 aromatic rings. The van der Waals surface area contributed by atoms with Gasteiger partial charge in [-0.2, -0.15) is 0 Å². The number of fused-ring (bicyclic) bond motifs is 3. The molecule has 0 bridgehead atoms. The van der Waals surface area contributed by atoms with Crippen LogP contribution in [0.15, 0.2) is 60.7 Å². The van der Waals surface area contributed by atoms with E-state index in [1.807, 2.05) is 24.3 Å². The topological polar surface area (TPSA) is 75.6 Å². The Balaban J connectivity index is 1.31. The fourth-order valence-electron chi connectivity index (χ4n) is 3.84. The number of benzene rings is 3. The Labute approximate surface area is 191 Å². The van der Waals surface area contributed by atoms with Gasteiger partial charge in [0.25, 0.3) is 0 Å². The fourth-order valence-corrected chi connectivity index (χ4v) is 4.07. The van der Waals surface area contributed by atoms with Gasteiger partial charge in [-0.15, -0.1) is 0 Å². The number of nitrogens with one attached hydrogen (secondary N) is 1. The highest BCUT2D eigenvalue weighted by molar-refractivity contribution is 6.31. The molecule has 0 heterocycles. The Morgan fingerprint density at radius 3 is 2.41 bits per heavy atom. The minimum absolute atomic E-state index is 0.00533. The van der Waals surface area contributed by atoms with Crippen molar-refractivity contribution in [2.75, 3.05) is 13.2 Å². The molecule has 0 atom stereocenters. The lowest BCUT2D eigenvalue weighted by Crippen LogP contribution is -2.26. The SMILES string of the molecule is O=Cc1cc(Cl)cc(C#CCCNC(=O)OCC2c3ccccc3-c3ccccc32)c1O. The molecule has 0 saturated carbocycles. The van der Waals surface area contributed by atoms with Crippen molar-refractivity contribution in [3.8, 4) is 28.7 Å². The van der Waals surface area contributed by atoms with E-state index in [0.717, 1.165) is 11.1 Å². The summed E-state index contributed by atoms with van der Waals surface area (Å²) >= 11 is 5.92. The minimum atomic E-state index is -0.512. The first kappa shape index (κ1) is 21.5. The molecular weight excluding hydrogens is 426 g/mol. The molecule has 32 heavy (non-hydrogen) atoms. The smallest absolute Gasteiger partial charge is 0.407 e. The highest BCUT2D eigenvalue weighted by Crippen LogP contribution is 2.44. The highest BCUT2D eigenvalue weighted by atomic mass is 35.5. The van der Waals surface area contributed by atoms with E-state index in [9.17, 15) is 14.7 Å². The van der Waals surface area contributed by atoms with Gasteiger partial charge in [0.15, 0.2) is 6.29 Å². The van der Waals surface area contributed by atoms with Crippen molar-refractivity contribution in [3.05, 3.63) is 87.9 Å². The number of ether oxygens (including phenoxy) is 1. The lowest BCUT2D eigenvalue weighted by Gasteiger charge is -2.14. The highest BCUT2D eigenvalue weighted by Gasteiger charge is 2.28. The van der Waals surface area contributed by atoms with Crippen LogP contribution in [0.25, 0.3) is 11.1 Å². The van der Waals surface area contributed by atoms with Crippen LogP contribution >= 0.6 is 11.6 Å². The zero-order chi connectivity index (χ0) is 22.5. The number of halogens is 1. The maximum Gasteiger partial charge on any atom is 0.407 e. The Hall–Kier alpha value is -3.75. The van der Waals surface area contributed by atoms with Crippen LogP contribution in [0, 0.1) is 11.8 Å². The Bertz CT molecular complexity index is 1200. The molecule has 0 spiro atoms. The molecule has 4 rings (SSSR count). The average Bonchev–Trinajstić information content (AvgIpc) is 3.13. The third-order valence-electron chi connectivity index (χ3n) is 5.32. The summed E-state index contributed by atoms with van der Waals surface area (Å²) in [5, 5.41) is 13.0. The summed E-state index contributed by atoms with van der Waals surface area (Å²) in [7, 11) is 0. The normalized spacial score (nSPS) is 11.7. The van der Waals surface area contributed by atoms with Crippen molar-refractivity contribution in [1.29, 1.82) is 0 Å². The van der Waals surface area contributed by atoms with Crippen LogP contribution in [0.1, 0.15) is 39.4 Å². The van der Waals surface area contributed by atoms with Crippen molar-refractivity contribution in [1.82, 2.24) is 5.32 Å². The van der Waals surface area contributed by atoms with E-state index < -0.39 is 6.09 Å². The molecule has 0 saturated heterocycles. The van der Waals surface area contributed by atoms with Gasteiger partial charge in [0.2, 0.25) is 0 Å². The second-order valence-electron chi connectivity index (χ2n) is 7.31. The summed E-state index contributed by atoms with van der Waals surface area (Å²) in [4.78, 5) is 23.1. The molecule has 0 aromatic heterocycles. The van der Waals surface area contributed by atoms with E-state index in [0.29, 0.717) is 17.7 Å². The Morgan fingerprint density at radius 1 is 1.09 bits per heavy atom. The largest absolute Gasteiger partial charge is 0.506 e. The van der Waals surface area contributed by atoms with Gasteiger partial charge in [-0.3, -0.25) is 4.79 Å². The van der Waals surface area contributed by atoms with Crippen LogP contribution in [0.2, 0.25) is 5.02 Å². The molecule has 0 radical (unpaired) electrons. The molecule has 6 heteroatoms. The van der Waals surface area contributed by atoms with Crippen molar-refractivity contribution in [2.45, 2.75) is 12.3 Å². The summed E-state index contributed by atoms with van der Waals surface area (Å²) in [6, 6.07) is 19.2. The second kappa shape index (κ2) is 9.59. The molecule has 2 N–H and O–H groups in total. The van der Waals surface area contributed by atoms with E-state index in [-0.39, 0.29) is 35.9 Å². The first-order chi connectivity index (χ1) is 15.6. The maximum atomic E-state index is 12.2. The molecule has 0 aliphatic heterocycles. The molecule has 5 nitrogen and oxygen atoms in total. The molecule has 160 valence electrons. The third-order valence-corrected chi connectivity index (χ3v) is 5.54. The summed E-state index contributed by atoms with van der Waals surface area (Å²) in [6.07, 6.45) is 0.347. The lowest BCUT2D eigenvalue weighted by molar-refractivity contribution is 0.112. The Kier molecular flexibility index (Phi) is 6.44. The monoisotopic (exact) mass is 445 g/mol. The zero-order valence-corrected chi connectivity index (χ0v) is 17.9. The quantitative estimate of drug-likeness (QED) is 0.324. The number of hydrogen-bond acceptors (Lipinski definition) is 4. The maximum absolute atomic E-state index is 12.2. The summed E-state index contributed by atoms with van der Waals surface area (Å²) < 4.78 is 5.48. The van der Waals surface area contributed by atoms with Crippen LogP contribution < -0.4 is 5.32 Å². The first-order valence-corrected chi connectivity index (χ1v) is 10.5. The van der Waals surface area contributed by atoms with Gasteiger partial charge in [-0.1, -0.05) is 72.0 Å². The van der Waals surface area contributed by atoms with Crippen molar-refractivity contribution in [2.24, 2.45) is 0 Å². The number of rotatable bonds is 5. The van der Waals surface area contributed by atoms with E-state index >= 15 is 0 Å². The fraction of sp³-hybridized carbons (Fsp3) is 0.154. The molecular formula is C26H20ClNO4. The zero-order valence-electron chi connectivity index (χ0n) is 17.1. The van der Waals surface area contributed by atoms with Crippen molar-refractivity contribution >= 4 is 24.0 Å². The number of carbonyl (C=O) groups is 2. The number of alkyl carbamates (subject to hydrolysis) is 1. The van der Waals surface area contributed by atoms with Crippen LogP contribution in [-0.2, 0) is 4.74 Å². The van der Waals surface area contributed by atoms with Gasteiger partial charge in [-0.05, 0) is 34.4 Å². The number of hydrogen-bond donors (Lipinski definition) is 2.